The van der Waals surface area contributed by atoms with Gasteiger partial charge in [-0.3, -0.25) is 18.3 Å². The minimum Gasteiger partial charge on any atom is -0.428 e. The minimum absolute atomic E-state index is 0.181. The quantitative estimate of drug-likeness (QED) is 0.573. The van der Waals surface area contributed by atoms with Crippen molar-refractivity contribution in [1.82, 2.24) is 18.5 Å². The maximum absolute atomic E-state index is 12.8. The van der Waals surface area contributed by atoms with Crippen LogP contribution in [0.4, 0.5) is 0 Å². The molecule has 0 aliphatic heterocycles. The number of nitrogens with zero attached hydrogens (tertiary/aromatic N) is 4. The van der Waals surface area contributed by atoms with Gasteiger partial charge < -0.3 is 4.42 Å². The fourth-order valence-electron chi connectivity index (χ4n) is 2.88. The number of hydrogen-bond donors (Lipinski definition) is 0. The highest BCUT2D eigenvalue weighted by molar-refractivity contribution is 5.74. The highest BCUT2D eigenvalue weighted by atomic mass is 16.4. The Bertz CT molecular complexity index is 1220. The van der Waals surface area contributed by atoms with Crippen LogP contribution in [0.1, 0.15) is 11.3 Å². The third-order valence-electron chi connectivity index (χ3n) is 4.10. The monoisotopic (exact) mass is 336 g/mol. The van der Waals surface area contributed by atoms with Gasteiger partial charge in [-0.05, 0) is 12.5 Å². The average Bonchev–Trinajstić information content (AvgIpc) is 3.13. The molecule has 3 heterocycles. The highest BCUT2D eigenvalue weighted by Gasteiger charge is 2.18. The molecule has 0 radical (unpaired) electrons. The lowest BCUT2D eigenvalue weighted by atomic mass is 10.2. The van der Waals surface area contributed by atoms with Gasteiger partial charge in [-0.15, -0.1) is 0 Å². The van der Waals surface area contributed by atoms with E-state index in [1.54, 1.807) is 30.6 Å². The molecule has 25 heavy (non-hydrogen) atoms. The zero-order valence-corrected chi connectivity index (χ0v) is 13.8. The molecule has 0 aliphatic carbocycles. The smallest absolute Gasteiger partial charge is 0.332 e. The molecule has 0 saturated heterocycles. The second-order valence-corrected chi connectivity index (χ2v) is 5.85. The minimum atomic E-state index is -0.410. The van der Waals surface area contributed by atoms with Crippen molar-refractivity contribution in [2.75, 3.05) is 0 Å². The van der Waals surface area contributed by atoms with E-state index in [1.807, 2.05) is 36.4 Å². The number of aromatic nitrogens is 4. The Morgan fingerprint density at radius 2 is 1.96 bits per heavy atom. The molecule has 3 aromatic heterocycles. The summed E-state index contributed by atoms with van der Waals surface area (Å²) < 4.78 is 9.60. The highest BCUT2D eigenvalue weighted by Crippen LogP contribution is 2.14. The number of benzene rings is 1. The molecule has 7 nitrogen and oxygen atoms in total. The molecule has 7 heteroatoms. The molecule has 0 spiro atoms. The fraction of sp³-hybridized carbons (Fsp3) is 0.167. The molecule has 0 aliphatic rings. The van der Waals surface area contributed by atoms with E-state index in [0.29, 0.717) is 22.8 Å². The Hall–Kier alpha value is -3.35. The van der Waals surface area contributed by atoms with Crippen LogP contribution in [0.25, 0.3) is 23.1 Å². The Morgan fingerprint density at radius 1 is 1.20 bits per heavy atom. The molecule has 0 unspecified atom stereocenters. The van der Waals surface area contributed by atoms with Gasteiger partial charge in [0, 0.05) is 13.6 Å². The molecule has 4 aromatic rings. The van der Waals surface area contributed by atoms with Gasteiger partial charge in [-0.1, -0.05) is 42.5 Å². The summed E-state index contributed by atoms with van der Waals surface area (Å²) in [6.45, 7) is 1.96. The summed E-state index contributed by atoms with van der Waals surface area (Å²) in [4.78, 5) is 29.6. The molecular formula is C18H16N4O3. The van der Waals surface area contributed by atoms with Gasteiger partial charge in [-0.25, -0.2) is 4.79 Å². The number of allylic oxidation sites excluding steroid dienone is 1. The van der Waals surface area contributed by atoms with Crippen molar-refractivity contribution < 1.29 is 4.42 Å². The van der Waals surface area contributed by atoms with E-state index in [1.165, 1.54) is 9.13 Å². The van der Waals surface area contributed by atoms with Crippen LogP contribution in [0.2, 0.25) is 0 Å². The predicted octanol–water partition coefficient (Wildman–Crippen LogP) is 1.96. The lowest BCUT2D eigenvalue weighted by Crippen LogP contribution is -2.39. The molecular weight excluding hydrogens is 320 g/mol. The lowest BCUT2D eigenvalue weighted by molar-refractivity contribution is 0.563. The fourth-order valence-corrected chi connectivity index (χ4v) is 2.88. The van der Waals surface area contributed by atoms with Crippen LogP contribution >= 0.6 is 0 Å². The van der Waals surface area contributed by atoms with Crippen LogP contribution in [0, 0.1) is 6.92 Å². The summed E-state index contributed by atoms with van der Waals surface area (Å²) in [5.74, 6) is 0.949. The van der Waals surface area contributed by atoms with Crippen LogP contribution in [0.5, 0.6) is 0 Å². The van der Waals surface area contributed by atoms with Gasteiger partial charge in [0.15, 0.2) is 11.2 Å². The summed E-state index contributed by atoms with van der Waals surface area (Å²) in [6.07, 6.45) is 5.37. The van der Waals surface area contributed by atoms with Crippen molar-refractivity contribution in [3.05, 3.63) is 74.8 Å². The van der Waals surface area contributed by atoms with Gasteiger partial charge in [0.2, 0.25) is 0 Å². The number of rotatable bonds is 3. The normalized spacial score (nSPS) is 11.9. The maximum Gasteiger partial charge on any atom is 0.332 e. The average molecular weight is 336 g/mol. The van der Waals surface area contributed by atoms with Crippen LogP contribution in [0.3, 0.4) is 0 Å². The van der Waals surface area contributed by atoms with Crippen molar-refractivity contribution >= 4 is 23.1 Å². The van der Waals surface area contributed by atoms with Crippen molar-refractivity contribution in [3.63, 3.8) is 0 Å². The first-order chi connectivity index (χ1) is 12.1. The first-order valence-electron chi connectivity index (χ1n) is 7.86. The van der Waals surface area contributed by atoms with Gasteiger partial charge in [0.05, 0.1) is 6.20 Å². The Kier molecular flexibility index (Phi) is 3.42. The second-order valence-electron chi connectivity index (χ2n) is 5.85. The van der Waals surface area contributed by atoms with Crippen LogP contribution in [0.15, 0.2) is 56.6 Å². The second kappa shape index (κ2) is 5.62. The van der Waals surface area contributed by atoms with E-state index in [9.17, 15) is 9.59 Å². The molecule has 0 atom stereocenters. The predicted molar refractivity (Wildman–Crippen MR) is 94.7 cm³/mol. The summed E-state index contributed by atoms with van der Waals surface area (Å²) >= 11 is 0. The lowest BCUT2D eigenvalue weighted by Gasteiger charge is -2.05. The van der Waals surface area contributed by atoms with E-state index in [4.69, 9.17) is 4.42 Å². The standard InChI is InChI=1S/C18H16N4O3/c1-12-11-22-14-15(19-17(22)25-12)20(2)18(24)21(16(14)23)10-6-9-13-7-4-3-5-8-13/h3-9,11H,10H2,1-2H3/b9-6+. The molecule has 0 amide bonds. The van der Waals surface area contributed by atoms with E-state index < -0.39 is 5.69 Å². The molecule has 0 N–H and O–H groups in total. The third-order valence-corrected chi connectivity index (χ3v) is 4.10. The van der Waals surface area contributed by atoms with Crippen molar-refractivity contribution in [1.29, 1.82) is 0 Å². The number of fused-ring (bicyclic) bond motifs is 3. The molecule has 0 saturated carbocycles. The summed E-state index contributed by atoms with van der Waals surface area (Å²) in [5.41, 5.74) is 0.863. The Labute approximate surface area is 142 Å². The van der Waals surface area contributed by atoms with E-state index >= 15 is 0 Å². The maximum atomic E-state index is 12.8. The van der Waals surface area contributed by atoms with Crippen LogP contribution < -0.4 is 11.2 Å². The number of imidazole rings is 1. The number of oxazole rings is 1. The third kappa shape index (κ3) is 2.40. The van der Waals surface area contributed by atoms with Gasteiger partial charge in [0.25, 0.3) is 5.56 Å². The van der Waals surface area contributed by atoms with E-state index in [0.717, 1.165) is 5.56 Å². The van der Waals surface area contributed by atoms with Crippen molar-refractivity contribution in [2.24, 2.45) is 7.05 Å². The first-order valence-corrected chi connectivity index (χ1v) is 7.86. The summed E-state index contributed by atoms with van der Waals surface area (Å²) in [6, 6.07) is 9.70. The largest absolute Gasteiger partial charge is 0.428 e. The van der Waals surface area contributed by atoms with E-state index in [2.05, 4.69) is 4.98 Å². The molecule has 1 aromatic carbocycles. The summed E-state index contributed by atoms with van der Waals surface area (Å²) in [7, 11) is 1.60. The zero-order valence-electron chi connectivity index (χ0n) is 13.8. The Morgan fingerprint density at radius 3 is 2.72 bits per heavy atom. The number of aryl methyl sites for hydroxylation is 2. The molecule has 0 fully saturated rings. The first kappa shape index (κ1) is 15.2. The van der Waals surface area contributed by atoms with Crippen molar-refractivity contribution in [2.45, 2.75) is 13.5 Å². The SMILES string of the molecule is Cc1cn2c(nc3c2c(=O)n(C/C=C/c2ccccc2)c(=O)n3C)o1. The molecule has 0 bridgehead atoms. The number of hydrogen-bond acceptors (Lipinski definition) is 4. The molecule has 4 rings (SSSR count). The summed E-state index contributed by atoms with van der Waals surface area (Å²) in [5, 5.41) is 0. The van der Waals surface area contributed by atoms with Crippen LogP contribution in [-0.4, -0.2) is 18.5 Å². The topological polar surface area (TPSA) is 74.4 Å². The van der Waals surface area contributed by atoms with Crippen molar-refractivity contribution in [3.8, 4) is 0 Å². The van der Waals surface area contributed by atoms with E-state index in [-0.39, 0.29) is 12.1 Å². The van der Waals surface area contributed by atoms with Gasteiger partial charge in [0.1, 0.15) is 5.76 Å². The van der Waals surface area contributed by atoms with Gasteiger partial charge >= 0.3 is 11.5 Å². The Balaban J connectivity index is 1.86. The molecule has 126 valence electrons. The zero-order chi connectivity index (χ0) is 17.6. The van der Waals surface area contributed by atoms with Gasteiger partial charge in [-0.2, -0.15) is 4.98 Å². The van der Waals surface area contributed by atoms with Crippen LogP contribution in [-0.2, 0) is 13.6 Å².